The van der Waals surface area contributed by atoms with Crippen LogP contribution in [0, 0.1) is 13.0 Å². The van der Waals surface area contributed by atoms with Gasteiger partial charge in [-0.2, -0.15) is 0 Å². The first-order chi connectivity index (χ1) is 4.66. The molecule has 0 rings (SSSR count). The maximum absolute atomic E-state index is 3.63. The van der Waals surface area contributed by atoms with Crippen molar-refractivity contribution in [2.75, 3.05) is 0 Å². The molecule has 1 heteroatoms. The van der Waals surface area contributed by atoms with E-state index in [1.54, 1.807) is 0 Å². The molecule has 0 aromatic rings. The van der Waals surface area contributed by atoms with Gasteiger partial charge in [0.15, 0.2) is 0 Å². The molecule has 0 aliphatic heterocycles. The van der Waals surface area contributed by atoms with Crippen molar-refractivity contribution in [3.05, 3.63) is 7.05 Å². The molecular weight excluding hydrogens is 122 g/mol. The summed E-state index contributed by atoms with van der Waals surface area (Å²) in [6.07, 6.45) is 3.91. The third kappa shape index (κ3) is 6.09. The second-order valence-electron chi connectivity index (χ2n) is 3.43. The average molecular weight is 142 g/mol. The van der Waals surface area contributed by atoms with Gasteiger partial charge in [-0.1, -0.05) is 26.7 Å². The lowest BCUT2D eigenvalue weighted by Gasteiger charge is -2.09. The summed E-state index contributed by atoms with van der Waals surface area (Å²) in [7, 11) is 3.63. The van der Waals surface area contributed by atoms with Crippen LogP contribution in [0.25, 0.3) is 0 Å². The van der Waals surface area contributed by atoms with Crippen molar-refractivity contribution < 1.29 is 0 Å². The Balaban J connectivity index is 3.03. The molecule has 0 fully saturated rings. The van der Waals surface area contributed by atoms with E-state index in [9.17, 15) is 0 Å². The van der Waals surface area contributed by atoms with Crippen LogP contribution < -0.4 is 5.32 Å². The first-order valence-corrected chi connectivity index (χ1v) is 4.19. The fourth-order valence-electron chi connectivity index (χ4n) is 0.934. The molecule has 1 N–H and O–H groups in total. The van der Waals surface area contributed by atoms with Crippen molar-refractivity contribution in [2.45, 2.75) is 46.1 Å². The van der Waals surface area contributed by atoms with E-state index in [-0.39, 0.29) is 0 Å². The normalized spacial score (nSPS) is 14.1. The van der Waals surface area contributed by atoms with Crippen LogP contribution in [0.5, 0.6) is 0 Å². The van der Waals surface area contributed by atoms with Crippen LogP contribution in [0.2, 0.25) is 0 Å². The minimum atomic E-state index is 0.582. The molecule has 0 heterocycles. The van der Waals surface area contributed by atoms with Crippen molar-refractivity contribution in [2.24, 2.45) is 5.92 Å². The van der Waals surface area contributed by atoms with Gasteiger partial charge in [-0.25, -0.2) is 0 Å². The van der Waals surface area contributed by atoms with Crippen LogP contribution in [0.1, 0.15) is 40.0 Å². The molecule has 1 radical (unpaired) electrons. The minimum absolute atomic E-state index is 0.582. The summed E-state index contributed by atoms with van der Waals surface area (Å²) in [4.78, 5) is 0. The van der Waals surface area contributed by atoms with Gasteiger partial charge >= 0.3 is 0 Å². The maximum atomic E-state index is 3.63. The molecular formula is C9H20N. The van der Waals surface area contributed by atoms with Gasteiger partial charge in [0.25, 0.3) is 0 Å². The Morgan fingerprint density at radius 2 is 1.80 bits per heavy atom. The minimum Gasteiger partial charge on any atom is -0.313 e. The van der Waals surface area contributed by atoms with Crippen LogP contribution in [-0.4, -0.2) is 6.04 Å². The predicted molar refractivity (Wildman–Crippen MR) is 46.6 cm³/mol. The van der Waals surface area contributed by atoms with Gasteiger partial charge in [0.05, 0.1) is 0 Å². The Hall–Kier alpha value is -0.0400. The molecule has 61 valence electrons. The van der Waals surface area contributed by atoms with Crippen LogP contribution >= 0.6 is 0 Å². The maximum Gasteiger partial charge on any atom is 0.00793 e. The lowest BCUT2D eigenvalue weighted by atomic mass is 10.0. The lowest BCUT2D eigenvalue weighted by molar-refractivity contribution is 0.487. The SMILES string of the molecule is [CH2]NC(C)CCCC(C)C. The Bertz CT molecular complexity index is 69.1. The molecule has 1 unspecified atom stereocenters. The molecule has 0 aromatic carbocycles. The summed E-state index contributed by atoms with van der Waals surface area (Å²) in [5.74, 6) is 0.844. The second kappa shape index (κ2) is 5.72. The van der Waals surface area contributed by atoms with Gasteiger partial charge in [0.2, 0.25) is 0 Å². The standard InChI is InChI=1S/C9H20N/c1-8(2)6-5-7-9(3)10-4/h8-10H,4-7H2,1-3H3. The van der Waals surface area contributed by atoms with Crippen molar-refractivity contribution >= 4 is 0 Å². The quantitative estimate of drug-likeness (QED) is 0.622. The number of hydrogen-bond donors (Lipinski definition) is 1. The highest BCUT2D eigenvalue weighted by Crippen LogP contribution is 2.07. The van der Waals surface area contributed by atoms with E-state index in [1.807, 2.05) is 0 Å². The van der Waals surface area contributed by atoms with Crippen LogP contribution in [0.4, 0.5) is 0 Å². The van der Waals surface area contributed by atoms with Crippen molar-refractivity contribution in [1.29, 1.82) is 0 Å². The summed E-state index contributed by atoms with van der Waals surface area (Å²) in [6.45, 7) is 6.71. The average Bonchev–Trinajstić information content (AvgIpc) is 1.87. The zero-order valence-corrected chi connectivity index (χ0v) is 7.48. The zero-order chi connectivity index (χ0) is 7.98. The van der Waals surface area contributed by atoms with Gasteiger partial charge < -0.3 is 5.32 Å². The first-order valence-electron chi connectivity index (χ1n) is 4.19. The third-order valence-electron chi connectivity index (χ3n) is 1.77. The Kier molecular flexibility index (Phi) is 5.70. The van der Waals surface area contributed by atoms with E-state index in [0.29, 0.717) is 6.04 Å². The van der Waals surface area contributed by atoms with Crippen LogP contribution in [-0.2, 0) is 0 Å². The highest BCUT2D eigenvalue weighted by molar-refractivity contribution is 4.59. The monoisotopic (exact) mass is 142 g/mol. The van der Waals surface area contributed by atoms with Crippen LogP contribution in [0.15, 0.2) is 0 Å². The molecule has 0 amide bonds. The van der Waals surface area contributed by atoms with E-state index in [0.717, 1.165) is 5.92 Å². The third-order valence-corrected chi connectivity index (χ3v) is 1.77. The highest BCUT2D eigenvalue weighted by Gasteiger charge is 1.98. The Labute approximate surface area is 65.2 Å². The molecule has 0 saturated carbocycles. The molecule has 0 aromatic heterocycles. The summed E-state index contributed by atoms with van der Waals surface area (Å²) in [6, 6.07) is 0.582. The number of rotatable bonds is 5. The summed E-state index contributed by atoms with van der Waals surface area (Å²) in [5.41, 5.74) is 0. The Morgan fingerprint density at radius 1 is 1.20 bits per heavy atom. The highest BCUT2D eigenvalue weighted by atomic mass is 14.8. The van der Waals surface area contributed by atoms with Crippen molar-refractivity contribution in [1.82, 2.24) is 5.32 Å². The van der Waals surface area contributed by atoms with E-state index >= 15 is 0 Å². The molecule has 1 atom stereocenters. The van der Waals surface area contributed by atoms with Gasteiger partial charge in [-0.05, 0) is 19.3 Å². The summed E-state index contributed by atoms with van der Waals surface area (Å²) < 4.78 is 0. The molecule has 0 bridgehead atoms. The molecule has 0 aliphatic carbocycles. The fraction of sp³-hybridized carbons (Fsp3) is 0.889. The molecule has 0 aliphatic rings. The van der Waals surface area contributed by atoms with Crippen molar-refractivity contribution in [3.8, 4) is 0 Å². The smallest absolute Gasteiger partial charge is 0.00793 e. The molecule has 1 nitrogen and oxygen atoms in total. The lowest BCUT2D eigenvalue weighted by Crippen LogP contribution is -2.18. The second-order valence-corrected chi connectivity index (χ2v) is 3.43. The van der Waals surface area contributed by atoms with Gasteiger partial charge in [-0.15, -0.1) is 0 Å². The van der Waals surface area contributed by atoms with Crippen LogP contribution in [0.3, 0.4) is 0 Å². The topological polar surface area (TPSA) is 12.0 Å². The Morgan fingerprint density at radius 3 is 2.20 bits per heavy atom. The van der Waals surface area contributed by atoms with E-state index in [4.69, 9.17) is 0 Å². The van der Waals surface area contributed by atoms with Crippen molar-refractivity contribution in [3.63, 3.8) is 0 Å². The molecule has 0 saturated heterocycles. The van der Waals surface area contributed by atoms with Gasteiger partial charge in [0, 0.05) is 13.1 Å². The number of nitrogens with one attached hydrogen (secondary N) is 1. The largest absolute Gasteiger partial charge is 0.313 e. The summed E-state index contributed by atoms with van der Waals surface area (Å²) >= 11 is 0. The van der Waals surface area contributed by atoms with E-state index in [1.165, 1.54) is 19.3 Å². The number of hydrogen-bond acceptors (Lipinski definition) is 1. The molecule has 10 heavy (non-hydrogen) atoms. The van der Waals surface area contributed by atoms with Gasteiger partial charge in [0.1, 0.15) is 0 Å². The first kappa shape index (κ1) is 9.96. The zero-order valence-electron chi connectivity index (χ0n) is 7.48. The molecule has 0 spiro atoms. The van der Waals surface area contributed by atoms with Gasteiger partial charge in [-0.3, -0.25) is 0 Å². The fourth-order valence-corrected chi connectivity index (χ4v) is 0.934. The van der Waals surface area contributed by atoms with E-state index in [2.05, 4.69) is 33.1 Å². The predicted octanol–water partition coefficient (Wildman–Crippen LogP) is 2.58. The summed E-state index contributed by atoms with van der Waals surface area (Å²) in [5, 5.41) is 2.99. The van der Waals surface area contributed by atoms with E-state index < -0.39 is 0 Å².